The third-order valence-corrected chi connectivity index (χ3v) is 1.96. The van der Waals surface area contributed by atoms with Gasteiger partial charge in [0.15, 0.2) is 0 Å². The van der Waals surface area contributed by atoms with E-state index in [1.807, 2.05) is 6.07 Å². The van der Waals surface area contributed by atoms with Gasteiger partial charge in [-0.15, -0.1) is 0 Å². The normalized spacial score (nSPS) is 16.3. The Balaban J connectivity index is 1.89. The third-order valence-electron chi connectivity index (χ3n) is 1.96. The van der Waals surface area contributed by atoms with E-state index in [1.165, 1.54) is 19.0 Å². The first-order valence-corrected chi connectivity index (χ1v) is 4.22. The summed E-state index contributed by atoms with van der Waals surface area (Å²) in [5, 5.41) is 12.3. The monoisotopic (exact) mass is 164 g/mol. The third kappa shape index (κ3) is 1.95. The van der Waals surface area contributed by atoms with E-state index < -0.39 is 0 Å². The summed E-state index contributed by atoms with van der Waals surface area (Å²) in [6.07, 6.45) is 4.06. The molecule has 0 amide bonds. The molecule has 1 aromatic rings. The van der Waals surface area contributed by atoms with Crippen molar-refractivity contribution in [2.45, 2.75) is 25.4 Å². The van der Waals surface area contributed by atoms with Crippen molar-refractivity contribution in [3.8, 4) is 5.75 Å². The fraction of sp³-hybridized carbons (Fsp3) is 0.444. The number of nitrogens with zero attached hydrogens (tertiary/aromatic N) is 1. The van der Waals surface area contributed by atoms with Gasteiger partial charge in [-0.2, -0.15) is 0 Å². The van der Waals surface area contributed by atoms with Gasteiger partial charge in [0.2, 0.25) is 0 Å². The Hall–Kier alpha value is -1.09. The van der Waals surface area contributed by atoms with Gasteiger partial charge in [-0.05, 0) is 25.0 Å². The van der Waals surface area contributed by atoms with Crippen LogP contribution in [0, 0.1) is 0 Å². The molecule has 12 heavy (non-hydrogen) atoms. The highest BCUT2D eigenvalue weighted by Crippen LogP contribution is 2.19. The van der Waals surface area contributed by atoms with Crippen LogP contribution in [-0.2, 0) is 6.54 Å². The van der Waals surface area contributed by atoms with E-state index in [0.29, 0.717) is 6.04 Å². The molecule has 1 saturated carbocycles. The van der Waals surface area contributed by atoms with E-state index in [0.717, 1.165) is 12.2 Å². The Bertz CT molecular complexity index is 254. The first kappa shape index (κ1) is 7.55. The molecule has 0 bridgehead atoms. The van der Waals surface area contributed by atoms with Crippen LogP contribution >= 0.6 is 0 Å². The lowest BCUT2D eigenvalue weighted by atomic mass is 10.3. The van der Waals surface area contributed by atoms with Crippen molar-refractivity contribution in [3.63, 3.8) is 0 Å². The van der Waals surface area contributed by atoms with E-state index in [2.05, 4.69) is 10.3 Å². The molecule has 1 aliphatic rings. The Morgan fingerprint density at radius 2 is 2.33 bits per heavy atom. The van der Waals surface area contributed by atoms with Gasteiger partial charge < -0.3 is 10.4 Å². The Morgan fingerprint density at radius 3 is 2.92 bits per heavy atom. The van der Waals surface area contributed by atoms with Gasteiger partial charge in [-0.3, -0.25) is 4.98 Å². The average molecular weight is 164 g/mol. The molecule has 2 rings (SSSR count). The maximum Gasteiger partial charge on any atom is 0.133 e. The summed E-state index contributed by atoms with van der Waals surface area (Å²) < 4.78 is 0. The highest BCUT2D eigenvalue weighted by molar-refractivity contribution is 5.17. The molecule has 0 aliphatic heterocycles. The second-order valence-corrected chi connectivity index (χ2v) is 3.16. The molecule has 0 spiro atoms. The van der Waals surface area contributed by atoms with Crippen molar-refractivity contribution < 1.29 is 5.11 Å². The van der Waals surface area contributed by atoms with Crippen LogP contribution in [0.4, 0.5) is 0 Å². The van der Waals surface area contributed by atoms with E-state index in [9.17, 15) is 0 Å². The topological polar surface area (TPSA) is 45.1 Å². The molecule has 1 fully saturated rings. The van der Waals surface area contributed by atoms with Gasteiger partial charge in [-0.25, -0.2) is 0 Å². The number of rotatable bonds is 3. The zero-order valence-electron chi connectivity index (χ0n) is 6.83. The van der Waals surface area contributed by atoms with Crippen LogP contribution in [0.25, 0.3) is 0 Å². The quantitative estimate of drug-likeness (QED) is 0.701. The Kier molecular flexibility index (Phi) is 1.96. The molecule has 3 heteroatoms. The number of hydrogen-bond donors (Lipinski definition) is 2. The molecule has 1 heterocycles. The first-order valence-electron chi connectivity index (χ1n) is 4.22. The molecule has 0 saturated heterocycles. The number of aromatic hydroxyl groups is 1. The second-order valence-electron chi connectivity index (χ2n) is 3.16. The molecule has 64 valence electrons. The van der Waals surface area contributed by atoms with Gasteiger partial charge in [0.25, 0.3) is 0 Å². The summed E-state index contributed by atoms with van der Waals surface area (Å²) in [6.45, 7) is 0.810. The Labute approximate surface area is 71.4 Å². The van der Waals surface area contributed by atoms with Crippen molar-refractivity contribution >= 4 is 0 Å². The zero-order chi connectivity index (χ0) is 8.39. The van der Waals surface area contributed by atoms with E-state index in [1.54, 1.807) is 6.07 Å². The summed E-state index contributed by atoms with van der Waals surface area (Å²) in [7, 11) is 0. The number of aromatic nitrogens is 1. The molecule has 0 atom stereocenters. The Morgan fingerprint density at radius 1 is 1.50 bits per heavy atom. The molecule has 0 unspecified atom stereocenters. The second kappa shape index (κ2) is 3.11. The van der Waals surface area contributed by atoms with Crippen molar-refractivity contribution in [1.29, 1.82) is 0 Å². The van der Waals surface area contributed by atoms with Gasteiger partial charge in [0.1, 0.15) is 5.75 Å². The van der Waals surface area contributed by atoms with Gasteiger partial charge >= 0.3 is 0 Å². The molecule has 2 N–H and O–H groups in total. The molecule has 1 aromatic heterocycles. The van der Waals surface area contributed by atoms with Gasteiger partial charge in [0.05, 0.1) is 11.9 Å². The highest BCUT2D eigenvalue weighted by Gasteiger charge is 2.19. The molecule has 1 aliphatic carbocycles. The van der Waals surface area contributed by atoms with Crippen molar-refractivity contribution in [1.82, 2.24) is 10.3 Å². The molecular formula is C9H12N2O. The van der Waals surface area contributed by atoms with E-state index in [-0.39, 0.29) is 5.75 Å². The molecule has 0 aromatic carbocycles. The summed E-state index contributed by atoms with van der Waals surface area (Å²) in [5.41, 5.74) is 0.986. The van der Waals surface area contributed by atoms with Gasteiger partial charge in [0, 0.05) is 12.6 Å². The fourth-order valence-electron chi connectivity index (χ4n) is 1.06. The minimum absolute atomic E-state index is 0.227. The van der Waals surface area contributed by atoms with E-state index in [4.69, 9.17) is 5.11 Å². The van der Waals surface area contributed by atoms with Crippen LogP contribution in [0.15, 0.2) is 18.3 Å². The van der Waals surface area contributed by atoms with Crippen molar-refractivity contribution in [2.75, 3.05) is 0 Å². The van der Waals surface area contributed by atoms with Gasteiger partial charge in [-0.1, -0.05) is 0 Å². The summed E-state index contributed by atoms with van der Waals surface area (Å²) in [5.74, 6) is 0.227. The fourth-order valence-corrected chi connectivity index (χ4v) is 1.06. The smallest absolute Gasteiger partial charge is 0.133 e. The summed E-state index contributed by atoms with van der Waals surface area (Å²) in [4.78, 5) is 4.07. The van der Waals surface area contributed by atoms with Crippen LogP contribution in [-0.4, -0.2) is 16.1 Å². The summed E-state index contributed by atoms with van der Waals surface area (Å²) in [6, 6.07) is 4.21. The van der Waals surface area contributed by atoms with Crippen LogP contribution < -0.4 is 5.32 Å². The standard InChI is InChI=1S/C9H12N2O/c12-9-4-3-8(11-6-9)5-10-7-1-2-7/h3-4,6-7,10,12H,1-2,5H2. The van der Waals surface area contributed by atoms with Crippen LogP contribution in [0.1, 0.15) is 18.5 Å². The molecule has 0 radical (unpaired) electrons. The van der Waals surface area contributed by atoms with Crippen LogP contribution in [0.3, 0.4) is 0 Å². The zero-order valence-corrected chi connectivity index (χ0v) is 6.83. The number of nitrogens with one attached hydrogen (secondary N) is 1. The lowest BCUT2D eigenvalue weighted by Crippen LogP contribution is -2.15. The largest absolute Gasteiger partial charge is 0.506 e. The lowest BCUT2D eigenvalue weighted by Gasteiger charge is -2.01. The van der Waals surface area contributed by atoms with E-state index >= 15 is 0 Å². The minimum atomic E-state index is 0.227. The predicted octanol–water partition coefficient (Wildman–Crippen LogP) is 1.04. The lowest BCUT2D eigenvalue weighted by molar-refractivity contribution is 0.471. The van der Waals surface area contributed by atoms with Crippen molar-refractivity contribution in [2.24, 2.45) is 0 Å². The highest BCUT2D eigenvalue weighted by atomic mass is 16.3. The van der Waals surface area contributed by atoms with Crippen LogP contribution in [0.2, 0.25) is 0 Å². The molecule has 3 nitrogen and oxygen atoms in total. The van der Waals surface area contributed by atoms with Crippen molar-refractivity contribution in [3.05, 3.63) is 24.0 Å². The minimum Gasteiger partial charge on any atom is -0.506 e. The molecular weight excluding hydrogens is 152 g/mol. The number of pyridine rings is 1. The SMILES string of the molecule is Oc1ccc(CNC2CC2)nc1. The predicted molar refractivity (Wildman–Crippen MR) is 45.8 cm³/mol. The maximum absolute atomic E-state index is 8.96. The first-order chi connectivity index (χ1) is 5.84. The van der Waals surface area contributed by atoms with Crippen LogP contribution in [0.5, 0.6) is 5.75 Å². The maximum atomic E-state index is 8.96. The summed E-state index contributed by atoms with van der Waals surface area (Å²) >= 11 is 0. The number of hydrogen-bond acceptors (Lipinski definition) is 3. The average Bonchev–Trinajstić information content (AvgIpc) is 2.87.